The minimum absolute atomic E-state index is 0.0210. The number of rotatable bonds is 5. The van der Waals surface area contributed by atoms with Crippen LogP contribution in [0.3, 0.4) is 0 Å². The molecule has 0 aliphatic rings. The van der Waals surface area contributed by atoms with Gasteiger partial charge in [0.15, 0.2) is 5.65 Å². The van der Waals surface area contributed by atoms with Crippen molar-refractivity contribution in [2.24, 2.45) is 0 Å². The summed E-state index contributed by atoms with van der Waals surface area (Å²) >= 11 is 5.92. The summed E-state index contributed by atoms with van der Waals surface area (Å²) in [5, 5.41) is 15.4. The van der Waals surface area contributed by atoms with E-state index in [-0.39, 0.29) is 18.1 Å². The summed E-state index contributed by atoms with van der Waals surface area (Å²) in [4.78, 5) is 16.6. The topological polar surface area (TPSA) is 76.7 Å². The Hall–Kier alpha value is -2.60. The normalized spacial score (nSPS) is 11.0. The Morgan fingerprint density at radius 1 is 1.28 bits per heavy atom. The lowest BCUT2D eigenvalue weighted by Gasteiger charge is -2.11. The highest BCUT2D eigenvalue weighted by Crippen LogP contribution is 2.27. The van der Waals surface area contributed by atoms with E-state index < -0.39 is 5.97 Å². The van der Waals surface area contributed by atoms with Gasteiger partial charge in [-0.1, -0.05) is 30.7 Å². The molecule has 7 heteroatoms. The third-order valence-corrected chi connectivity index (χ3v) is 4.18. The van der Waals surface area contributed by atoms with Crippen molar-refractivity contribution in [2.75, 3.05) is 6.61 Å². The number of esters is 1. The van der Waals surface area contributed by atoms with Crippen molar-refractivity contribution < 1.29 is 14.6 Å². The van der Waals surface area contributed by atoms with Gasteiger partial charge in [-0.3, -0.25) is 0 Å². The zero-order valence-electron chi connectivity index (χ0n) is 14.0. The minimum atomic E-state index is -0.503. The maximum Gasteiger partial charge on any atom is 0.343 e. The number of fused-ring (bicyclic) bond motifs is 1. The molecule has 0 amide bonds. The fourth-order valence-electron chi connectivity index (χ4n) is 2.69. The number of carbonyl (C=O) groups excluding carboxylic acids is 1. The monoisotopic (exact) mass is 359 g/mol. The molecule has 2 aromatic heterocycles. The third-order valence-electron chi connectivity index (χ3n) is 3.93. The number of aryl methyl sites for hydroxylation is 1. The van der Waals surface area contributed by atoms with E-state index in [0.717, 1.165) is 5.56 Å². The van der Waals surface area contributed by atoms with Gasteiger partial charge in [0.25, 0.3) is 0 Å². The lowest BCUT2D eigenvalue weighted by atomic mass is 10.0. The van der Waals surface area contributed by atoms with Crippen LogP contribution in [0, 0.1) is 0 Å². The number of aromatic hydroxyl groups is 1. The lowest BCUT2D eigenvalue weighted by Crippen LogP contribution is -2.08. The van der Waals surface area contributed by atoms with E-state index in [9.17, 15) is 9.90 Å². The molecule has 0 saturated heterocycles. The maximum atomic E-state index is 12.0. The predicted molar refractivity (Wildman–Crippen MR) is 94.2 cm³/mol. The Bertz CT molecular complexity index is 919. The number of hydrogen-bond acceptors (Lipinski definition) is 5. The van der Waals surface area contributed by atoms with E-state index in [4.69, 9.17) is 16.3 Å². The Morgan fingerprint density at radius 3 is 2.64 bits per heavy atom. The average molecular weight is 360 g/mol. The van der Waals surface area contributed by atoms with Crippen molar-refractivity contribution in [1.82, 2.24) is 14.6 Å². The minimum Gasteiger partial charge on any atom is -0.493 e. The average Bonchev–Trinajstić information content (AvgIpc) is 3.03. The number of ether oxygens (including phenoxy) is 1. The molecular weight excluding hydrogens is 342 g/mol. The van der Waals surface area contributed by atoms with Crippen LogP contribution >= 0.6 is 11.6 Å². The maximum absolute atomic E-state index is 12.0. The SMILES string of the molecule is CCOC(=O)c1cnn2c(O)c(Cc3ccc(Cl)cc3)c(CC)nc12. The van der Waals surface area contributed by atoms with Crippen molar-refractivity contribution in [3.63, 3.8) is 0 Å². The van der Waals surface area contributed by atoms with Gasteiger partial charge in [-0.25, -0.2) is 9.78 Å². The van der Waals surface area contributed by atoms with Crippen molar-refractivity contribution in [1.29, 1.82) is 0 Å². The Morgan fingerprint density at radius 2 is 2.00 bits per heavy atom. The zero-order valence-corrected chi connectivity index (χ0v) is 14.7. The number of aromatic nitrogens is 3. The summed E-state index contributed by atoms with van der Waals surface area (Å²) in [5.74, 6) is -0.524. The highest BCUT2D eigenvalue weighted by molar-refractivity contribution is 6.30. The van der Waals surface area contributed by atoms with Crippen LogP contribution in [-0.4, -0.2) is 32.3 Å². The molecule has 0 saturated carbocycles. The number of halogens is 1. The quantitative estimate of drug-likeness (QED) is 0.706. The first kappa shape index (κ1) is 17.2. The second-order valence-electron chi connectivity index (χ2n) is 5.53. The number of carbonyl (C=O) groups is 1. The van der Waals surface area contributed by atoms with Crippen LogP contribution in [0.1, 0.15) is 41.0 Å². The van der Waals surface area contributed by atoms with E-state index in [2.05, 4.69) is 10.1 Å². The van der Waals surface area contributed by atoms with Crippen LogP contribution in [-0.2, 0) is 17.6 Å². The molecule has 1 aromatic carbocycles. The second kappa shape index (κ2) is 7.11. The molecule has 0 aliphatic carbocycles. The molecule has 2 heterocycles. The van der Waals surface area contributed by atoms with Crippen LogP contribution < -0.4 is 0 Å². The van der Waals surface area contributed by atoms with Gasteiger partial charge in [0.1, 0.15) is 5.56 Å². The largest absolute Gasteiger partial charge is 0.493 e. The zero-order chi connectivity index (χ0) is 18.0. The number of hydrogen-bond donors (Lipinski definition) is 1. The summed E-state index contributed by atoms with van der Waals surface area (Å²) in [6, 6.07) is 7.41. The van der Waals surface area contributed by atoms with Gasteiger partial charge >= 0.3 is 5.97 Å². The molecule has 6 nitrogen and oxygen atoms in total. The van der Waals surface area contributed by atoms with Crippen LogP contribution in [0.25, 0.3) is 5.65 Å². The fraction of sp³-hybridized carbons (Fsp3) is 0.278. The van der Waals surface area contributed by atoms with Gasteiger partial charge in [-0.2, -0.15) is 9.61 Å². The molecule has 0 unspecified atom stereocenters. The molecule has 130 valence electrons. The molecule has 1 N–H and O–H groups in total. The first-order valence-corrected chi connectivity index (χ1v) is 8.43. The second-order valence-corrected chi connectivity index (χ2v) is 5.97. The van der Waals surface area contributed by atoms with Crippen LogP contribution in [0.5, 0.6) is 5.88 Å². The standard InChI is InChI=1S/C18H18ClN3O3/c1-3-15-13(9-11-5-7-12(19)8-6-11)17(23)22-16(21-15)14(10-20-22)18(24)25-4-2/h5-8,10,23H,3-4,9H2,1-2H3. The van der Waals surface area contributed by atoms with Gasteiger partial charge in [0.2, 0.25) is 5.88 Å². The molecular formula is C18H18ClN3O3. The van der Waals surface area contributed by atoms with E-state index in [1.54, 1.807) is 19.1 Å². The Labute approximate surface area is 150 Å². The van der Waals surface area contributed by atoms with Crippen LogP contribution in [0.15, 0.2) is 30.5 Å². The van der Waals surface area contributed by atoms with Gasteiger partial charge in [0, 0.05) is 17.0 Å². The van der Waals surface area contributed by atoms with Crippen molar-refractivity contribution in [3.8, 4) is 5.88 Å². The van der Waals surface area contributed by atoms with Crippen molar-refractivity contribution >= 4 is 23.2 Å². The summed E-state index contributed by atoms with van der Waals surface area (Å²) < 4.78 is 6.29. The van der Waals surface area contributed by atoms with Gasteiger partial charge in [0.05, 0.1) is 18.5 Å². The van der Waals surface area contributed by atoms with E-state index >= 15 is 0 Å². The first-order chi connectivity index (χ1) is 12.0. The van der Waals surface area contributed by atoms with Crippen LogP contribution in [0.2, 0.25) is 5.02 Å². The van der Waals surface area contributed by atoms with Gasteiger partial charge in [-0.05, 0) is 31.0 Å². The van der Waals surface area contributed by atoms with Crippen LogP contribution in [0.4, 0.5) is 0 Å². The number of nitrogens with zero attached hydrogens (tertiary/aromatic N) is 3. The summed E-state index contributed by atoms with van der Waals surface area (Å²) in [6.45, 7) is 3.94. The lowest BCUT2D eigenvalue weighted by molar-refractivity contribution is 0.0528. The molecule has 3 aromatic rings. The molecule has 25 heavy (non-hydrogen) atoms. The Balaban J connectivity index is 2.08. The highest BCUT2D eigenvalue weighted by Gasteiger charge is 2.21. The molecule has 0 fully saturated rings. The van der Waals surface area contributed by atoms with E-state index in [0.29, 0.717) is 34.8 Å². The molecule has 0 aliphatic heterocycles. The van der Waals surface area contributed by atoms with Gasteiger partial charge in [-0.15, -0.1) is 0 Å². The highest BCUT2D eigenvalue weighted by atomic mass is 35.5. The third kappa shape index (κ3) is 3.30. The molecule has 0 spiro atoms. The smallest absolute Gasteiger partial charge is 0.343 e. The molecule has 0 radical (unpaired) electrons. The van der Waals surface area contributed by atoms with Crippen molar-refractivity contribution in [2.45, 2.75) is 26.7 Å². The molecule has 0 atom stereocenters. The molecule has 0 bridgehead atoms. The summed E-state index contributed by atoms with van der Waals surface area (Å²) in [6.07, 6.45) is 2.47. The Kier molecular flexibility index (Phi) is 4.90. The molecule has 3 rings (SSSR count). The van der Waals surface area contributed by atoms with Crippen molar-refractivity contribution in [3.05, 3.63) is 57.9 Å². The van der Waals surface area contributed by atoms with Gasteiger partial charge < -0.3 is 9.84 Å². The summed E-state index contributed by atoms with van der Waals surface area (Å²) in [7, 11) is 0. The fourth-order valence-corrected chi connectivity index (χ4v) is 2.82. The number of benzene rings is 1. The first-order valence-electron chi connectivity index (χ1n) is 8.05. The predicted octanol–water partition coefficient (Wildman–Crippen LogP) is 3.42. The van der Waals surface area contributed by atoms with E-state index in [1.807, 2.05) is 19.1 Å². The summed E-state index contributed by atoms with van der Waals surface area (Å²) in [5.41, 5.74) is 2.92. The van der Waals surface area contributed by atoms with E-state index in [1.165, 1.54) is 10.7 Å².